The summed E-state index contributed by atoms with van der Waals surface area (Å²) in [6.45, 7) is 7.69. The summed E-state index contributed by atoms with van der Waals surface area (Å²) in [5, 5.41) is 3.37. The largest absolute Gasteiger partial charge is 0.348 e. The van der Waals surface area contributed by atoms with E-state index in [1.54, 1.807) is 31.2 Å². The molecule has 2 aromatic rings. The smallest absolute Gasteiger partial charge is 0.244 e. The molecule has 0 heterocycles. The van der Waals surface area contributed by atoms with Gasteiger partial charge in [-0.1, -0.05) is 48.4 Å². The molecule has 2 atom stereocenters. The predicted molar refractivity (Wildman–Crippen MR) is 115 cm³/mol. The van der Waals surface area contributed by atoms with Gasteiger partial charge in [-0.2, -0.15) is 0 Å². The number of nitrogens with zero attached hydrogens (tertiary/aromatic N) is 1. The molecule has 152 valence electrons. The maximum absolute atomic E-state index is 13.0. The number of hydrogen-bond acceptors (Lipinski definition) is 3. The molecule has 0 saturated carbocycles. The van der Waals surface area contributed by atoms with Gasteiger partial charge >= 0.3 is 0 Å². The zero-order valence-corrected chi connectivity index (χ0v) is 18.4. The quantitative estimate of drug-likeness (QED) is 0.720. The maximum Gasteiger partial charge on any atom is 0.244 e. The molecule has 0 radical (unpaired) electrons. The molecule has 1 amide bonds. The number of aryl methyl sites for hydroxylation is 2. The van der Waals surface area contributed by atoms with Gasteiger partial charge in [-0.15, -0.1) is 0 Å². The van der Waals surface area contributed by atoms with Crippen molar-refractivity contribution in [1.29, 1.82) is 0 Å². The molecule has 0 aliphatic heterocycles. The van der Waals surface area contributed by atoms with Crippen LogP contribution >= 0.6 is 11.6 Å². The zero-order valence-electron chi connectivity index (χ0n) is 16.9. The molecular formula is C21H27ClN2O3S. The fraction of sp³-hybridized carbons (Fsp3) is 0.381. The topological polar surface area (TPSA) is 66.5 Å². The lowest BCUT2D eigenvalue weighted by molar-refractivity contribution is -0.122. The summed E-state index contributed by atoms with van der Waals surface area (Å²) in [6, 6.07) is 11.4. The van der Waals surface area contributed by atoms with Crippen molar-refractivity contribution in [3.05, 3.63) is 64.2 Å². The number of hydrogen-bond donors (Lipinski definition) is 1. The van der Waals surface area contributed by atoms with Crippen molar-refractivity contribution in [1.82, 2.24) is 5.32 Å². The van der Waals surface area contributed by atoms with E-state index in [0.29, 0.717) is 17.1 Å². The summed E-state index contributed by atoms with van der Waals surface area (Å²) >= 11 is 6.04. The van der Waals surface area contributed by atoms with Crippen molar-refractivity contribution in [2.45, 2.75) is 46.2 Å². The molecule has 1 N–H and O–H groups in total. The third-order valence-electron chi connectivity index (χ3n) is 4.64. The van der Waals surface area contributed by atoms with Gasteiger partial charge in [-0.25, -0.2) is 8.42 Å². The molecule has 0 aliphatic carbocycles. The molecule has 0 saturated heterocycles. The van der Waals surface area contributed by atoms with Crippen LogP contribution in [0.25, 0.3) is 0 Å². The Balaban J connectivity index is 2.33. The minimum atomic E-state index is -3.69. The molecule has 0 aliphatic rings. The first kappa shape index (κ1) is 22.2. The van der Waals surface area contributed by atoms with E-state index in [4.69, 9.17) is 11.6 Å². The number of nitrogens with one attached hydrogen (secondary N) is 1. The van der Waals surface area contributed by atoms with Crippen LogP contribution in [-0.4, -0.2) is 26.6 Å². The molecule has 0 spiro atoms. The van der Waals surface area contributed by atoms with Gasteiger partial charge in [-0.05, 0) is 56.5 Å². The van der Waals surface area contributed by atoms with Crippen molar-refractivity contribution in [2.24, 2.45) is 0 Å². The van der Waals surface area contributed by atoms with Crippen LogP contribution in [0.3, 0.4) is 0 Å². The normalized spacial score (nSPS) is 13.6. The van der Waals surface area contributed by atoms with E-state index in [2.05, 4.69) is 11.4 Å². The van der Waals surface area contributed by atoms with Crippen LogP contribution in [0.2, 0.25) is 5.02 Å². The zero-order chi connectivity index (χ0) is 21.1. The lowest BCUT2D eigenvalue weighted by Crippen LogP contribution is -2.49. The number of carbonyl (C=O) groups is 1. The Labute approximate surface area is 172 Å². The minimum Gasteiger partial charge on any atom is -0.348 e. The Hall–Kier alpha value is -2.05. The SMILES string of the molecule is CC[C@H](C(=O)N[C@H](C)c1ccc(C)cc1C)N(c1cccc(Cl)c1)S(C)(=O)=O. The van der Waals surface area contributed by atoms with Gasteiger partial charge < -0.3 is 5.32 Å². The van der Waals surface area contributed by atoms with E-state index in [9.17, 15) is 13.2 Å². The Morgan fingerprint density at radius 3 is 2.39 bits per heavy atom. The molecule has 0 aromatic heterocycles. The molecule has 0 fully saturated rings. The van der Waals surface area contributed by atoms with Crippen molar-refractivity contribution >= 4 is 33.2 Å². The fourth-order valence-electron chi connectivity index (χ4n) is 3.37. The number of rotatable bonds is 7. The van der Waals surface area contributed by atoms with Gasteiger partial charge in [0.05, 0.1) is 18.0 Å². The third-order valence-corrected chi connectivity index (χ3v) is 6.06. The van der Waals surface area contributed by atoms with Gasteiger partial charge in [0.15, 0.2) is 0 Å². The Morgan fingerprint density at radius 2 is 1.86 bits per heavy atom. The van der Waals surface area contributed by atoms with Gasteiger partial charge in [0.2, 0.25) is 15.9 Å². The predicted octanol–water partition coefficient (Wildman–Crippen LogP) is 4.38. The van der Waals surface area contributed by atoms with Gasteiger partial charge in [0.25, 0.3) is 0 Å². The third kappa shape index (κ3) is 5.26. The monoisotopic (exact) mass is 422 g/mol. The molecule has 2 aromatic carbocycles. The summed E-state index contributed by atoms with van der Waals surface area (Å²) in [4.78, 5) is 13.0. The minimum absolute atomic E-state index is 0.247. The Kier molecular flexibility index (Phi) is 7.12. The highest BCUT2D eigenvalue weighted by atomic mass is 35.5. The number of halogens is 1. The van der Waals surface area contributed by atoms with Gasteiger partial charge in [0, 0.05) is 5.02 Å². The van der Waals surface area contributed by atoms with E-state index >= 15 is 0 Å². The lowest BCUT2D eigenvalue weighted by atomic mass is 10.00. The van der Waals surface area contributed by atoms with Crippen molar-refractivity contribution in [2.75, 3.05) is 10.6 Å². The van der Waals surface area contributed by atoms with Crippen LogP contribution in [-0.2, 0) is 14.8 Å². The van der Waals surface area contributed by atoms with Gasteiger partial charge in [-0.3, -0.25) is 9.10 Å². The van der Waals surface area contributed by atoms with Crippen LogP contribution in [0.4, 0.5) is 5.69 Å². The number of benzene rings is 2. The van der Waals surface area contributed by atoms with E-state index in [1.807, 2.05) is 32.9 Å². The molecule has 0 bridgehead atoms. The number of sulfonamides is 1. The highest BCUT2D eigenvalue weighted by Gasteiger charge is 2.32. The van der Waals surface area contributed by atoms with E-state index < -0.39 is 16.1 Å². The Bertz CT molecular complexity index is 960. The first-order valence-corrected chi connectivity index (χ1v) is 11.4. The van der Waals surface area contributed by atoms with E-state index in [-0.39, 0.29) is 11.9 Å². The van der Waals surface area contributed by atoms with Crippen LogP contribution in [0.1, 0.15) is 43.0 Å². The molecule has 28 heavy (non-hydrogen) atoms. The van der Waals surface area contributed by atoms with Crippen LogP contribution in [0.5, 0.6) is 0 Å². The summed E-state index contributed by atoms with van der Waals surface area (Å²) in [5.41, 5.74) is 3.60. The van der Waals surface area contributed by atoms with Crippen molar-refractivity contribution < 1.29 is 13.2 Å². The Morgan fingerprint density at radius 1 is 1.18 bits per heavy atom. The number of amides is 1. The van der Waals surface area contributed by atoms with Crippen LogP contribution in [0, 0.1) is 13.8 Å². The van der Waals surface area contributed by atoms with Crippen molar-refractivity contribution in [3.63, 3.8) is 0 Å². The average Bonchev–Trinajstić information content (AvgIpc) is 2.57. The number of carbonyl (C=O) groups excluding carboxylic acids is 1. The molecule has 5 nitrogen and oxygen atoms in total. The summed E-state index contributed by atoms with van der Waals surface area (Å²) < 4.78 is 26.1. The highest BCUT2D eigenvalue weighted by molar-refractivity contribution is 7.92. The molecular weight excluding hydrogens is 396 g/mol. The van der Waals surface area contributed by atoms with E-state index in [0.717, 1.165) is 27.3 Å². The van der Waals surface area contributed by atoms with Crippen molar-refractivity contribution in [3.8, 4) is 0 Å². The second kappa shape index (κ2) is 8.97. The van der Waals surface area contributed by atoms with Gasteiger partial charge in [0.1, 0.15) is 6.04 Å². The van der Waals surface area contributed by atoms with Crippen LogP contribution < -0.4 is 9.62 Å². The molecule has 0 unspecified atom stereocenters. The summed E-state index contributed by atoms with van der Waals surface area (Å²) in [7, 11) is -3.69. The lowest BCUT2D eigenvalue weighted by Gasteiger charge is -2.31. The fourth-order valence-corrected chi connectivity index (χ4v) is 4.76. The van der Waals surface area contributed by atoms with Crippen LogP contribution in [0.15, 0.2) is 42.5 Å². The second-order valence-electron chi connectivity index (χ2n) is 7.05. The number of anilines is 1. The average molecular weight is 423 g/mol. The first-order chi connectivity index (χ1) is 13.0. The standard InChI is InChI=1S/C21H27ClN2O3S/c1-6-20(24(28(5,26)27)18-9-7-8-17(22)13-18)21(25)23-16(4)19-11-10-14(2)12-15(19)3/h7-13,16,20H,6H2,1-5H3,(H,23,25)/t16-,20-/m1/s1. The summed E-state index contributed by atoms with van der Waals surface area (Å²) in [5.74, 6) is -0.347. The molecule has 2 rings (SSSR count). The van der Waals surface area contributed by atoms with E-state index in [1.165, 1.54) is 0 Å². The second-order valence-corrected chi connectivity index (χ2v) is 9.35. The first-order valence-electron chi connectivity index (χ1n) is 9.17. The maximum atomic E-state index is 13.0. The highest BCUT2D eigenvalue weighted by Crippen LogP contribution is 2.26. The molecule has 7 heteroatoms. The summed E-state index contributed by atoms with van der Waals surface area (Å²) in [6.07, 6.45) is 1.42.